The number of thiophene rings is 1. The number of aryl methyl sites for hydroxylation is 1. The Labute approximate surface area is 168 Å². The topological polar surface area (TPSA) is 35.6 Å². The van der Waals surface area contributed by atoms with E-state index in [0.717, 1.165) is 42.0 Å². The predicted molar refractivity (Wildman–Crippen MR) is 116 cm³/mol. The van der Waals surface area contributed by atoms with E-state index in [1.54, 1.807) is 0 Å². The SMILES string of the molecule is Cc1cc(NC(=O)c2sc3ccccc3c2Cl)ccc1N1CCN(C)CC1. The highest BCUT2D eigenvalue weighted by atomic mass is 35.5. The zero-order valence-corrected chi connectivity index (χ0v) is 17.0. The van der Waals surface area contributed by atoms with Crippen LogP contribution in [0.3, 0.4) is 0 Å². The van der Waals surface area contributed by atoms with Crippen LogP contribution in [0, 0.1) is 6.92 Å². The highest BCUT2D eigenvalue weighted by Gasteiger charge is 2.19. The molecule has 0 bridgehead atoms. The molecule has 0 aliphatic carbocycles. The minimum atomic E-state index is -0.159. The lowest BCUT2D eigenvalue weighted by Crippen LogP contribution is -2.44. The fourth-order valence-electron chi connectivity index (χ4n) is 3.48. The minimum absolute atomic E-state index is 0.159. The van der Waals surface area contributed by atoms with Crippen molar-refractivity contribution in [2.75, 3.05) is 43.4 Å². The molecule has 0 spiro atoms. The molecule has 1 aliphatic heterocycles. The van der Waals surface area contributed by atoms with E-state index in [9.17, 15) is 4.79 Å². The van der Waals surface area contributed by atoms with Crippen LogP contribution in [0.1, 0.15) is 15.2 Å². The third-order valence-corrected chi connectivity index (χ3v) is 6.71. The summed E-state index contributed by atoms with van der Waals surface area (Å²) in [7, 11) is 2.15. The van der Waals surface area contributed by atoms with E-state index in [1.807, 2.05) is 36.4 Å². The van der Waals surface area contributed by atoms with Crippen LogP contribution in [-0.2, 0) is 0 Å². The number of carbonyl (C=O) groups excluding carboxylic acids is 1. The lowest BCUT2D eigenvalue weighted by molar-refractivity contribution is 0.103. The van der Waals surface area contributed by atoms with E-state index in [1.165, 1.54) is 22.6 Å². The summed E-state index contributed by atoms with van der Waals surface area (Å²) in [5.41, 5.74) is 3.20. The Morgan fingerprint density at radius 2 is 1.85 bits per heavy atom. The normalized spacial score (nSPS) is 15.3. The Balaban J connectivity index is 1.53. The highest BCUT2D eigenvalue weighted by molar-refractivity contribution is 7.21. The molecule has 0 atom stereocenters. The van der Waals surface area contributed by atoms with Gasteiger partial charge in [-0.1, -0.05) is 29.8 Å². The molecular formula is C21H22ClN3OS. The number of rotatable bonds is 3. The summed E-state index contributed by atoms with van der Waals surface area (Å²) in [5.74, 6) is -0.159. The molecule has 0 saturated carbocycles. The monoisotopic (exact) mass is 399 g/mol. The molecule has 4 nitrogen and oxygen atoms in total. The molecule has 1 saturated heterocycles. The maximum absolute atomic E-state index is 12.7. The molecule has 140 valence electrons. The van der Waals surface area contributed by atoms with Gasteiger partial charge in [0.1, 0.15) is 4.88 Å². The molecule has 6 heteroatoms. The van der Waals surface area contributed by atoms with Crippen LogP contribution in [0.5, 0.6) is 0 Å². The molecule has 2 heterocycles. The van der Waals surface area contributed by atoms with E-state index >= 15 is 0 Å². The summed E-state index contributed by atoms with van der Waals surface area (Å²) >= 11 is 7.85. The van der Waals surface area contributed by atoms with Crippen LogP contribution in [0.4, 0.5) is 11.4 Å². The molecule has 1 fully saturated rings. The maximum Gasteiger partial charge on any atom is 0.267 e. The van der Waals surface area contributed by atoms with Crippen molar-refractivity contribution in [2.24, 2.45) is 0 Å². The molecular weight excluding hydrogens is 378 g/mol. The van der Waals surface area contributed by atoms with Crippen molar-refractivity contribution >= 4 is 50.3 Å². The first-order valence-corrected chi connectivity index (χ1v) is 10.2. The fraction of sp³-hybridized carbons (Fsp3) is 0.286. The molecule has 2 aromatic carbocycles. The number of nitrogens with zero attached hydrogens (tertiary/aromatic N) is 2. The van der Waals surface area contributed by atoms with Crippen LogP contribution in [0.25, 0.3) is 10.1 Å². The van der Waals surface area contributed by atoms with E-state index in [0.29, 0.717) is 9.90 Å². The van der Waals surface area contributed by atoms with Crippen molar-refractivity contribution in [1.29, 1.82) is 0 Å². The number of likely N-dealkylation sites (N-methyl/N-ethyl adjacent to an activating group) is 1. The van der Waals surface area contributed by atoms with Crippen molar-refractivity contribution in [3.8, 4) is 0 Å². The highest BCUT2D eigenvalue weighted by Crippen LogP contribution is 2.35. The average Bonchev–Trinajstić information content (AvgIpc) is 3.00. The van der Waals surface area contributed by atoms with Gasteiger partial charge in [-0.3, -0.25) is 4.79 Å². The number of benzene rings is 2. The molecule has 1 aliphatic rings. The number of hydrogen-bond acceptors (Lipinski definition) is 4. The Kier molecular flexibility index (Phi) is 5.08. The molecule has 4 rings (SSSR count). The summed E-state index contributed by atoms with van der Waals surface area (Å²) < 4.78 is 1.02. The summed E-state index contributed by atoms with van der Waals surface area (Å²) in [4.78, 5) is 18.0. The van der Waals surface area contributed by atoms with Crippen molar-refractivity contribution in [3.63, 3.8) is 0 Å². The van der Waals surface area contributed by atoms with Gasteiger partial charge < -0.3 is 15.1 Å². The lowest BCUT2D eigenvalue weighted by Gasteiger charge is -2.35. The maximum atomic E-state index is 12.7. The van der Waals surface area contributed by atoms with E-state index in [2.05, 4.69) is 35.2 Å². The molecule has 3 aromatic rings. The fourth-order valence-corrected chi connectivity index (χ4v) is 4.90. The Morgan fingerprint density at radius 1 is 1.11 bits per heavy atom. The van der Waals surface area contributed by atoms with Crippen LogP contribution in [0.2, 0.25) is 5.02 Å². The minimum Gasteiger partial charge on any atom is -0.369 e. The number of carbonyl (C=O) groups is 1. The van der Waals surface area contributed by atoms with Gasteiger partial charge in [0.05, 0.1) is 5.02 Å². The third-order valence-electron chi connectivity index (χ3n) is 5.04. The second-order valence-corrected chi connectivity index (χ2v) is 8.42. The zero-order valence-electron chi connectivity index (χ0n) is 15.5. The molecule has 0 radical (unpaired) electrons. The van der Waals surface area contributed by atoms with E-state index < -0.39 is 0 Å². The number of fused-ring (bicyclic) bond motifs is 1. The summed E-state index contributed by atoms with van der Waals surface area (Å²) in [6.45, 7) is 6.29. The molecule has 1 amide bonds. The first kappa shape index (κ1) is 18.3. The van der Waals surface area contributed by atoms with E-state index in [-0.39, 0.29) is 5.91 Å². The van der Waals surface area contributed by atoms with Gasteiger partial charge in [0.25, 0.3) is 5.91 Å². The van der Waals surface area contributed by atoms with Crippen molar-refractivity contribution < 1.29 is 4.79 Å². The Morgan fingerprint density at radius 3 is 2.56 bits per heavy atom. The number of hydrogen-bond donors (Lipinski definition) is 1. The first-order valence-electron chi connectivity index (χ1n) is 9.05. The van der Waals surface area contributed by atoms with Gasteiger partial charge in [-0.15, -0.1) is 11.3 Å². The van der Waals surface area contributed by atoms with Gasteiger partial charge in [-0.2, -0.15) is 0 Å². The quantitative estimate of drug-likeness (QED) is 0.682. The number of nitrogens with one attached hydrogen (secondary N) is 1. The largest absolute Gasteiger partial charge is 0.369 e. The van der Waals surface area contributed by atoms with Crippen LogP contribution >= 0.6 is 22.9 Å². The van der Waals surface area contributed by atoms with Crippen molar-refractivity contribution in [3.05, 3.63) is 57.9 Å². The standard InChI is InChI=1S/C21H22ClN3OS/c1-14-13-15(7-8-17(14)25-11-9-24(2)10-12-25)23-21(26)20-19(22)16-5-3-4-6-18(16)27-20/h3-8,13H,9-12H2,1-2H3,(H,23,26). The zero-order chi connectivity index (χ0) is 19.0. The molecule has 1 N–H and O–H groups in total. The third kappa shape index (κ3) is 3.68. The Hall–Kier alpha value is -2.08. The van der Waals surface area contributed by atoms with Crippen LogP contribution in [0.15, 0.2) is 42.5 Å². The second kappa shape index (κ2) is 7.50. The first-order chi connectivity index (χ1) is 13.0. The average molecular weight is 400 g/mol. The molecule has 0 unspecified atom stereocenters. The predicted octanol–water partition coefficient (Wildman–Crippen LogP) is 4.87. The van der Waals surface area contributed by atoms with Gasteiger partial charge in [0, 0.05) is 47.6 Å². The summed E-state index contributed by atoms with van der Waals surface area (Å²) in [5, 5.41) is 4.45. The van der Waals surface area contributed by atoms with Gasteiger partial charge in [0.2, 0.25) is 0 Å². The molecule has 1 aromatic heterocycles. The number of anilines is 2. The number of amides is 1. The van der Waals surface area contributed by atoms with Gasteiger partial charge >= 0.3 is 0 Å². The van der Waals surface area contributed by atoms with Crippen LogP contribution in [-0.4, -0.2) is 44.0 Å². The van der Waals surface area contributed by atoms with Gasteiger partial charge in [-0.25, -0.2) is 0 Å². The second-order valence-electron chi connectivity index (χ2n) is 6.99. The van der Waals surface area contributed by atoms with Gasteiger partial charge in [-0.05, 0) is 43.8 Å². The molecule has 27 heavy (non-hydrogen) atoms. The van der Waals surface area contributed by atoms with Crippen LogP contribution < -0.4 is 10.2 Å². The number of halogens is 1. The van der Waals surface area contributed by atoms with Crippen molar-refractivity contribution in [1.82, 2.24) is 4.90 Å². The van der Waals surface area contributed by atoms with Gasteiger partial charge in [0.15, 0.2) is 0 Å². The summed E-state index contributed by atoms with van der Waals surface area (Å²) in [6, 6.07) is 13.9. The number of piperazine rings is 1. The Bertz CT molecular complexity index is 992. The summed E-state index contributed by atoms with van der Waals surface area (Å²) in [6.07, 6.45) is 0. The lowest BCUT2D eigenvalue weighted by atomic mass is 10.1. The van der Waals surface area contributed by atoms with Crippen molar-refractivity contribution in [2.45, 2.75) is 6.92 Å². The smallest absolute Gasteiger partial charge is 0.267 e. The van der Waals surface area contributed by atoms with E-state index in [4.69, 9.17) is 11.6 Å².